The van der Waals surface area contributed by atoms with E-state index in [1.54, 1.807) is 55.6 Å². The van der Waals surface area contributed by atoms with Gasteiger partial charge in [0.05, 0.1) is 18.4 Å². The Labute approximate surface area is 195 Å². The molecule has 3 rings (SSSR count). The van der Waals surface area contributed by atoms with Crippen LogP contribution in [0, 0.1) is 5.41 Å². The number of benzene rings is 2. The van der Waals surface area contributed by atoms with Crippen LogP contribution in [0.3, 0.4) is 0 Å². The number of nitrogens with zero attached hydrogens (tertiary/aromatic N) is 1. The van der Waals surface area contributed by atoms with Crippen molar-refractivity contribution < 1.29 is 19.1 Å². The predicted octanol–water partition coefficient (Wildman–Crippen LogP) is 4.10. The van der Waals surface area contributed by atoms with Gasteiger partial charge in [0.25, 0.3) is 11.8 Å². The molecule has 0 saturated carbocycles. The summed E-state index contributed by atoms with van der Waals surface area (Å²) in [6, 6.07) is 12.9. The standard InChI is InChI=1S/C26H33N3O4/c1-26(2,3)17-22(25(32)29-15-7-8-16-29)28-24(31)20-9-5-6-10-21(20)27-23(30)18-11-13-19(33-4)14-12-18/h5-6,9-14,22H,7-8,15-17H2,1-4H3,(H,27,30)(H,28,31)/t22-/m0/s1. The highest BCUT2D eigenvalue weighted by Gasteiger charge is 2.31. The van der Waals surface area contributed by atoms with Crippen LogP contribution in [-0.4, -0.2) is 48.9 Å². The summed E-state index contributed by atoms with van der Waals surface area (Å²) in [5.41, 5.74) is 1.00. The summed E-state index contributed by atoms with van der Waals surface area (Å²) in [5.74, 6) is -0.117. The fourth-order valence-electron chi connectivity index (χ4n) is 3.93. The molecule has 0 aliphatic carbocycles. The van der Waals surface area contributed by atoms with E-state index in [9.17, 15) is 14.4 Å². The van der Waals surface area contributed by atoms with E-state index in [2.05, 4.69) is 10.6 Å². The molecular weight excluding hydrogens is 418 g/mol. The van der Waals surface area contributed by atoms with Crippen molar-refractivity contribution in [1.82, 2.24) is 10.2 Å². The first-order valence-corrected chi connectivity index (χ1v) is 11.3. The number of ether oxygens (including phenoxy) is 1. The van der Waals surface area contributed by atoms with Gasteiger partial charge in [-0.2, -0.15) is 0 Å². The minimum absolute atomic E-state index is 0.0458. The Bertz CT molecular complexity index is 989. The minimum atomic E-state index is -0.624. The molecule has 2 aromatic rings. The van der Waals surface area contributed by atoms with E-state index in [4.69, 9.17) is 4.74 Å². The zero-order chi connectivity index (χ0) is 24.0. The molecule has 2 N–H and O–H groups in total. The van der Waals surface area contributed by atoms with Gasteiger partial charge in [0.2, 0.25) is 5.91 Å². The molecule has 0 spiro atoms. The lowest BCUT2D eigenvalue weighted by atomic mass is 9.87. The topological polar surface area (TPSA) is 87.7 Å². The molecule has 1 aliphatic rings. The van der Waals surface area contributed by atoms with Crippen LogP contribution in [0.2, 0.25) is 0 Å². The molecule has 2 aromatic carbocycles. The van der Waals surface area contributed by atoms with Crippen molar-refractivity contribution >= 4 is 23.4 Å². The lowest BCUT2D eigenvalue weighted by molar-refractivity contribution is -0.132. The van der Waals surface area contributed by atoms with Gasteiger partial charge in [-0.15, -0.1) is 0 Å². The molecule has 0 aromatic heterocycles. The molecular formula is C26H33N3O4. The fraction of sp³-hybridized carbons (Fsp3) is 0.423. The van der Waals surface area contributed by atoms with Crippen molar-refractivity contribution in [3.8, 4) is 5.75 Å². The second-order valence-electron chi connectivity index (χ2n) is 9.55. The van der Waals surface area contributed by atoms with Gasteiger partial charge in [-0.25, -0.2) is 0 Å². The number of carbonyl (C=O) groups excluding carboxylic acids is 3. The smallest absolute Gasteiger partial charge is 0.255 e. The van der Waals surface area contributed by atoms with Crippen molar-refractivity contribution in [1.29, 1.82) is 0 Å². The third-order valence-corrected chi connectivity index (χ3v) is 5.61. The van der Waals surface area contributed by atoms with E-state index in [1.807, 2.05) is 25.7 Å². The predicted molar refractivity (Wildman–Crippen MR) is 129 cm³/mol. The first-order chi connectivity index (χ1) is 15.7. The van der Waals surface area contributed by atoms with Crippen LogP contribution in [0.5, 0.6) is 5.75 Å². The molecule has 1 aliphatic heterocycles. The number of carbonyl (C=O) groups is 3. The van der Waals surface area contributed by atoms with Gasteiger partial charge in [0.15, 0.2) is 0 Å². The summed E-state index contributed by atoms with van der Waals surface area (Å²) in [5, 5.41) is 5.75. The molecule has 0 unspecified atom stereocenters. The number of para-hydroxylation sites is 1. The van der Waals surface area contributed by atoms with Crippen LogP contribution >= 0.6 is 0 Å². The van der Waals surface area contributed by atoms with Crippen molar-refractivity contribution in [2.24, 2.45) is 5.41 Å². The molecule has 0 radical (unpaired) electrons. The quantitative estimate of drug-likeness (QED) is 0.663. The first kappa shape index (κ1) is 24.3. The molecule has 176 valence electrons. The fourth-order valence-corrected chi connectivity index (χ4v) is 3.93. The summed E-state index contributed by atoms with van der Waals surface area (Å²) in [4.78, 5) is 40.9. The molecule has 1 heterocycles. The summed E-state index contributed by atoms with van der Waals surface area (Å²) >= 11 is 0. The Balaban J connectivity index is 1.77. The lowest BCUT2D eigenvalue weighted by Gasteiger charge is -2.29. The zero-order valence-electron chi connectivity index (χ0n) is 19.8. The van der Waals surface area contributed by atoms with E-state index < -0.39 is 6.04 Å². The second-order valence-corrected chi connectivity index (χ2v) is 9.55. The molecule has 3 amide bonds. The lowest BCUT2D eigenvalue weighted by Crippen LogP contribution is -2.49. The van der Waals surface area contributed by atoms with E-state index in [-0.39, 0.29) is 23.1 Å². The third kappa shape index (κ3) is 6.57. The van der Waals surface area contributed by atoms with Crippen molar-refractivity contribution in [2.75, 3.05) is 25.5 Å². The number of rotatable bonds is 7. The van der Waals surface area contributed by atoms with Gasteiger partial charge in [-0.05, 0) is 61.1 Å². The number of hydrogen-bond acceptors (Lipinski definition) is 4. The molecule has 0 bridgehead atoms. The number of nitrogens with one attached hydrogen (secondary N) is 2. The number of amides is 3. The molecule has 1 fully saturated rings. The molecule has 1 saturated heterocycles. The summed E-state index contributed by atoms with van der Waals surface area (Å²) in [7, 11) is 1.56. The number of likely N-dealkylation sites (tertiary alicyclic amines) is 1. The van der Waals surface area contributed by atoms with Crippen LogP contribution in [0.1, 0.15) is 60.7 Å². The van der Waals surface area contributed by atoms with Gasteiger partial charge < -0.3 is 20.3 Å². The maximum Gasteiger partial charge on any atom is 0.255 e. The Hall–Kier alpha value is -3.35. The van der Waals surface area contributed by atoms with Crippen LogP contribution < -0.4 is 15.4 Å². The van der Waals surface area contributed by atoms with Crippen molar-refractivity contribution in [2.45, 2.75) is 46.1 Å². The van der Waals surface area contributed by atoms with Gasteiger partial charge in [0.1, 0.15) is 11.8 Å². The Morgan fingerprint density at radius 1 is 0.970 bits per heavy atom. The number of hydrogen-bond donors (Lipinski definition) is 2. The SMILES string of the molecule is COc1ccc(C(=O)Nc2ccccc2C(=O)N[C@@H](CC(C)(C)C)C(=O)N2CCCC2)cc1. The molecule has 7 nitrogen and oxygen atoms in total. The van der Waals surface area contributed by atoms with E-state index >= 15 is 0 Å². The molecule has 1 atom stereocenters. The highest BCUT2D eigenvalue weighted by Crippen LogP contribution is 2.24. The van der Waals surface area contributed by atoms with Gasteiger partial charge in [0, 0.05) is 18.7 Å². The average Bonchev–Trinajstić information content (AvgIpc) is 3.32. The van der Waals surface area contributed by atoms with Crippen molar-refractivity contribution in [3.05, 3.63) is 59.7 Å². The minimum Gasteiger partial charge on any atom is -0.497 e. The largest absolute Gasteiger partial charge is 0.497 e. The van der Waals surface area contributed by atoms with E-state index in [0.717, 1.165) is 25.9 Å². The second kappa shape index (κ2) is 10.5. The Morgan fingerprint density at radius 2 is 1.61 bits per heavy atom. The maximum absolute atomic E-state index is 13.2. The zero-order valence-corrected chi connectivity index (χ0v) is 19.8. The Morgan fingerprint density at radius 3 is 2.21 bits per heavy atom. The summed E-state index contributed by atoms with van der Waals surface area (Å²) in [6.45, 7) is 7.60. The van der Waals surface area contributed by atoms with Crippen LogP contribution in [0.25, 0.3) is 0 Å². The normalized spacial score (nSPS) is 14.5. The van der Waals surface area contributed by atoms with Gasteiger partial charge >= 0.3 is 0 Å². The maximum atomic E-state index is 13.2. The van der Waals surface area contributed by atoms with Gasteiger partial charge in [-0.1, -0.05) is 32.9 Å². The highest BCUT2D eigenvalue weighted by atomic mass is 16.5. The first-order valence-electron chi connectivity index (χ1n) is 11.3. The number of anilines is 1. The third-order valence-electron chi connectivity index (χ3n) is 5.61. The monoisotopic (exact) mass is 451 g/mol. The molecule has 7 heteroatoms. The van der Waals surface area contributed by atoms with Crippen LogP contribution in [0.15, 0.2) is 48.5 Å². The van der Waals surface area contributed by atoms with E-state index in [1.165, 1.54) is 0 Å². The molecule has 33 heavy (non-hydrogen) atoms. The summed E-state index contributed by atoms with van der Waals surface area (Å²) < 4.78 is 5.13. The highest BCUT2D eigenvalue weighted by molar-refractivity contribution is 6.09. The van der Waals surface area contributed by atoms with Crippen molar-refractivity contribution in [3.63, 3.8) is 0 Å². The Kier molecular flexibility index (Phi) is 7.74. The van der Waals surface area contributed by atoms with Crippen LogP contribution in [-0.2, 0) is 4.79 Å². The van der Waals surface area contributed by atoms with Gasteiger partial charge in [-0.3, -0.25) is 14.4 Å². The van der Waals surface area contributed by atoms with E-state index in [0.29, 0.717) is 29.0 Å². The van der Waals surface area contributed by atoms with Crippen LogP contribution in [0.4, 0.5) is 5.69 Å². The summed E-state index contributed by atoms with van der Waals surface area (Å²) in [6.07, 6.45) is 2.50. The number of methoxy groups -OCH3 is 1. The average molecular weight is 452 g/mol.